The van der Waals surface area contributed by atoms with Gasteiger partial charge in [0.15, 0.2) is 5.82 Å². The first-order valence-electron chi connectivity index (χ1n) is 6.49. The first-order chi connectivity index (χ1) is 8.94. The molecule has 19 heavy (non-hydrogen) atoms. The van der Waals surface area contributed by atoms with Gasteiger partial charge < -0.3 is 11.1 Å². The van der Waals surface area contributed by atoms with Crippen LogP contribution in [0.2, 0.25) is 0 Å². The molecule has 0 atom stereocenters. The normalized spacial score (nSPS) is 18.1. The number of hydrogen-bond donors (Lipinski definition) is 2. The van der Waals surface area contributed by atoms with Crippen molar-refractivity contribution in [3.05, 3.63) is 29.3 Å². The van der Waals surface area contributed by atoms with Crippen molar-refractivity contribution < 1.29 is 13.6 Å². The zero-order valence-corrected chi connectivity index (χ0v) is 10.9. The van der Waals surface area contributed by atoms with Gasteiger partial charge in [0.1, 0.15) is 11.5 Å². The molecule has 1 aromatic rings. The van der Waals surface area contributed by atoms with E-state index in [1.807, 2.05) is 0 Å². The van der Waals surface area contributed by atoms with E-state index in [0.717, 1.165) is 25.3 Å². The molecule has 0 aromatic heterocycles. The monoisotopic (exact) mass is 268 g/mol. The van der Waals surface area contributed by atoms with E-state index in [2.05, 4.69) is 5.32 Å². The Labute approximate surface area is 111 Å². The number of aryl methyl sites for hydroxylation is 1. The molecule has 0 radical (unpaired) electrons. The highest BCUT2D eigenvalue weighted by Gasteiger charge is 2.36. The molecule has 104 valence electrons. The molecule has 0 heterocycles. The predicted octanol–water partition coefficient (Wildman–Crippen LogP) is 2.87. The van der Waals surface area contributed by atoms with Gasteiger partial charge in [0.05, 0.1) is 5.54 Å². The lowest BCUT2D eigenvalue weighted by Gasteiger charge is -2.31. The lowest BCUT2D eigenvalue weighted by atomic mass is 9.82. The number of amides is 1. The van der Waals surface area contributed by atoms with E-state index in [-0.39, 0.29) is 5.56 Å². The van der Waals surface area contributed by atoms with Crippen LogP contribution in [0.3, 0.4) is 0 Å². The summed E-state index contributed by atoms with van der Waals surface area (Å²) in [6.07, 6.45) is 3.87. The number of rotatable bonds is 2. The van der Waals surface area contributed by atoms with Crippen molar-refractivity contribution in [3.8, 4) is 0 Å². The van der Waals surface area contributed by atoms with Gasteiger partial charge in [-0.05, 0) is 31.4 Å². The van der Waals surface area contributed by atoms with Crippen LogP contribution in [0.4, 0.5) is 14.5 Å². The van der Waals surface area contributed by atoms with Crippen molar-refractivity contribution >= 4 is 11.6 Å². The van der Waals surface area contributed by atoms with Crippen LogP contribution >= 0.6 is 0 Å². The molecule has 1 aliphatic carbocycles. The summed E-state index contributed by atoms with van der Waals surface area (Å²) in [5, 5.41) is 2.32. The maximum absolute atomic E-state index is 13.8. The second kappa shape index (κ2) is 5.25. The van der Waals surface area contributed by atoms with Gasteiger partial charge in [-0.25, -0.2) is 8.78 Å². The number of carbonyl (C=O) groups is 1. The molecule has 1 aliphatic rings. The third-order valence-corrected chi connectivity index (χ3v) is 3.72. The Bertz CT molecular complexity index is 496. The minimum atomic E-state index is -1.01. The topological polar surface area (TPSA) is 55.1 Å². The van der Waals surface area contributed by atoms with Gasteiger partial charge in [-0.3, -0.25) is 4.79 Å². The number of halogens is 2. The van der Waals surface area contributed by atoms with Gasteiger partial charge in [-0.1, -0.05) is 25.3 Å². The van der Waals surface area contributed by atoms with Crippen LogP contribution < -0.4 is 11.1 Å². The van der Waals surface area contributed by atoms with Gasteiger partial charge in [-0.2, -0.15) is 0 Å². The number of hydrogen-bond acceptors (Lipinski definition) is 2. The summed E-state index contributed by atoms with van der Waals surface area (Å²) < 4.78 is 27.4. The third kappa shape index (κ3) is 2.76. The van der Waals surface area contributed by atoms with Gasteiger partial charge >= 0.3 is 0 Å². The van der Waals surface area contributed by atoms with Gasteiger partial charge in [-0.15, -0.1) is 0 Å². The molecule has 0 bridgehead atoms. The zero-order valence-electron chi connectivity index (χ0n) is 10.9. The van der Waals surface area contributed by atoms with E-state index in [1.165, 1.54) is 13.0 Å². The Morgan fingerprint density at radius 1 is 1.26 bits per heavy atom. The summed E-state index contributed by atoms with van der Waals surface area (Å²) in [6, 6.07) is 2.47. The first kappa shape index (κ1) is 13.9. The van der Waals surface area contributed by atoms with Crippen molar-refractivity contribution in [1.82, 2.24) is 0 Å². The molecule has 0 unspecified atom stereocenters. The molecule has 3 N–H and O–H groups in total. The Morgan fingerprint density at radius 2 is 1.89 bits per heavy atom. The van der Waals surface area contributed by atoms with Gasteiger partial charge in [0.25, 0.3) is 0 Å². The van der Waals surface area contributed by atoms with E-state index in [4.69, 9.17) is 5.73 Å². The highest BCUT2D eigenvalue weighted by atomic mass is 19.1. The smallest absolute Gasteiger partial charge is 0.244 e. The summed E-state index contributed by atoms with van der Waals surface area (Å²) in [5.41, 5.74) is 4.90. The van der Waals surface area contributed by atoms with Crippen LogP contribution in [0.1, 0.15) is 37.7 Å². The molecule has 2 rings (SSSR count). The lowest BCUT2D eigenvalue weighted by molar-refractivity contribution is -0.122. The van der Waals surface area contributed by atoms with Crippen molar-refractivity contribution in [2.45, 2.75) is 44.6 Å². The molecule has 3 nitrogen and oxygen atoms in total. The van der Waals surface area contributed by atoms with Crippen LogP contribution in [0, 0.1) is 18.6 Å². The maximum Gasteiger partial charge on any atom is 0.244 e. The summed E-state index contributed by atoms with van der Waals surface area (Å²) in [7, 11) is 0. The highest BCUT2D eigenvalue weighted by molar-refractivity contribution is 5.98. The third-order valence-electron chi connectivity index (χ3n) is 3.72. The molecular formula is C14H18F2N2O. The number of nitrogens with two attached hydrogens (primary N) is 1. The average Bonchev–Trinajstić information content (AvgIpc) is 2.40. The Morgan fingerprint density at radius 3 is 2.53 bits per heavy atom. The van der Waals surface area contributed by atoms with Gasteiger partial charge in [0.2, 0.25) is 5.91 Å². The lowest BCUT2D eigenvalue weighted by Crippen LogP contribution is -2.52. The summed E-state index contributed by atoms with van der Waals surface area (Å²) in [6.45, 7) is 1.52. The second-order valence-corrected chi connectivity index (χ2v) is 5.22. The number of carbonyl (C=O) groups excluding carboxylic acids is 1. The van der Waals surface area contributed by atoms with Crippen molar-refractivity contribution in [1.29, 1.82) is 0 Å². The summed E-state index contributed by atoms with van der Waals surface area (Å²) in [4.78, 5) is 12.1. The van der Waals surface area contributed by atoms with Crippen molar-refractivity contribution in [3.63, 3.8) is 0 Å². The Balaban J connectivity index is 2.21. The molecule has 1 aromatic carbocycles. The van der Waals surface area contributed by atoms with Gasteiger partial charge in [0, 0.05) is 0 Å². The van der Waals surface area contributed by atoms with E-state index in [1.54, 1.807) is 0 Å². The Kier molecular flexibility index (Phi) is 3.85. The molecular weight excluding hydrogens is 250 g/mol. The summed E-state index contributed by atoms with van der Waals surface area (Å²) >= 11 is 0. The number of nitrogens with one attached hydrogen (secondary N) is 1. The minimum Gasteiger partial charge on any atom is -0.320 e. The predicted molar refractivity (Wildman–Crippen MR) is 69.7 cm³/mol. The standard InChI is InChI=1S/C14H18F2N2O/c1-9-5-6-10(15)12(11(9)16)18-13(19)14(17)7-3-2-4-8-14/h5-6H,2-4,7-8,17H2,1H3,(H,18,19). The average molecular weight is 268 g/mol. The molecule has 1 amide bonds. The molecule has 0 saturated heterocycles. The second-order valence-electron chi connectivity index (χ2n) is 5.22. The van der Waals surface area contributed by atoms with E-state index in [0.29, 0.717) is 12.8 Å². The SMILES string of the molecule is Cc1ccc(F)c(NC(=O)C2(N)CCCCC2)c1F. The first-order valence-corrected chi connectivity index (χ1v) is 6.49. The van der Waals surface area contributed by atoms with Crippen LogP contribution in [-0.2, 0) is 4.79 Å². The van der Waals surface area contributed by atoms with Crippen molar-refractivity contribution in [2.24, 2.45) is 5.73 Å². The van der Waals surface area contributed by atoms with E-state index in [9.17, 15) is 13.6 Å². The number of benzene rings is 1. The largest absolute Gasteiger partial charge is 0.320 e. The molecule has 1 fully saturated rings. The zero-order chi connectivity index (χ0) is 14.0. The van der Waals surface area contributed by atoms with E-state index < -0.39 is 28.8 Å². The highest BCUT2D eigenvalue weighted by Crippen LogP contribution is 2.29. The fourth-order valence-corrected chi connectivity index (χ4v) is 2.42. The van der Waals surface area contributed by atoms with E-state index >= 15 is 0 Å². The molecule has 0 spiro atoms. The Hall–Kier alpha value is -1.49. The minimum absolute atomic E-state index is 0.284. The van der Waals surface area contributed by atoms with Crippen LogP contribution in [0.25, 0.3) is 0 Å². The number of anilines is 1. The fourth-order valence-electron chi connectivity index (χ4n) is 2.42. The maximum atomic E-state index is 13.8. The van der Waals surface area contributed by atoms with Crippen LogP contribution in [0.15, 0.2) is 12.1 Å². The fraction of sp³-hybridized carbons (Fsp3) is 0.500. The van der Waals surface area contributed by atoms with Crippen molar-refractivity contribution in [2.75, 3.05) is 5.32 Å². The molecule has 0 aliphatic heterocycles. The summed E-state index contributed by atoms with van der Waals surface area (Å²) in [5.74, 6) is -2.03. The molecule has 1 saturated carbocycles. The van der Waals surface area contributed by atoms with Crippen LogP contribution in [0.5, 0.6) is 0 Å². The molecule has 5 heteroatoms. The van der Waals surface area contributed by atoms with Crippen LogP contribution in [-0.4, -0.2) is 11.4 Å². The quantitative estimate of drug-likeness (QED) is 0.866.